The van der Waals surface area contributed by atoms with Crippen molar-refractivity contribution >= 4 is 11.6 Å². The Hall–Kier alpha value is -2.59. The number of anilines is 1. The maximum absolute atomic E-state index is 12.7. The predicted molar refractivity (Wildman–Crippen MR) is 98.4 cm³/mol. The zero-order valence-corrected chi connectivity index (χ0v) is 16.2. The Bertz CT molecular complexity index is 838. The van der Waals surface area contributed by atoms with E-state index in [0.717, 1.165) is 6.07 Å². The Morgan fingerprint density at radius 2 is 1.97 bits per heavy atom. The highest BCUT2D eigenvalue weighted by molar-refractivity contribution is 5.94. The van der Waals surface area contributed by atoms with Gasteiger partial charge in [-0.1, -0.05) is 19.1 Å². The van der Waals surface area contributed by atoms with Gasteiger partial charge in [0.05, 0.1) is 24.2 Å². The lowest BCUT2D eigenvalue weighted by Crippen LogP contribution is -2.35. The number of aryl methyl sites for hydroxylation is 1. The highest BCUT2D eigenvalue weighted by atomic mass is 19.4. The molecular formula is C20H21F5N2O3. The number of aromatic nitrogens is 1. The first-order chi connectivity index (χ1) is 14.0. The van der Waals surface area contributed by atoms with Crippen molar-refractivity contribution in [3.05, 3.63) is 59.4 Å². The molecule has 3 rings (SSSR count). The van der Waals surface area contributed by atoms with Crippen molar-refractivity contribution in [3.8, 4) is 0 Å². The molecule has 1 aromatic carbocycles. The maximum Gasteiger partial charge on any atom is 0.414 e. The van der Waals surface area contributed by atoms with E-state index in [0.29, 0.717) is 16.9 Å². The van der Waals surface area contributed by atoms with Crippen molar-refractivity contribution in [1.29, 1.82) is 0 Å². The fourth-order valence-corrected chi connectivity index (χ4v) is 2.82. The third kappa shape index (κ3) is 6.20. The van der Waals surface area contributed by atoms with Gasteiger partial charge in [-0.25, -0.2) is 8.78 Å². The van der Waals surface area contributed by atoms with Crippen molar-refractivity contribution < 1.29 is 36.6 Å². The molecule has 1 aromatic heterocycles. The molecule has 0 bridgehead atoms. The van der Waals surface area contributed by atoms with Crippen LogP contribution in [0.4, 0.5) is 27.6 Å². The number of pyridine rings is 1. The lowest BCUT2D eigenvalue weighted by molar-refractivity contribution is -0.221. The molecule has 2 aromatic rings. The summed E-state index contributed by atoms with van der Waals surface area (Å²) in [6.45, 7) is 2.70. The Morgan fingerprint density at radius 1 is 1.27 bits per heavy atom. The van der Waals surface area contributed by atoms with Gasteiger partial charge in [0.1, 0.15) is 6.10 Å². The Morgan fingerprint density at radius 3 is 2.43 bits per heavy atom. The highest BCUT2D eigenvalue weighted by Crippen LogP contribution is 2.37. The number of hydrogen-bond donors (Lipinski definition) is 2. The largest absolute Gasteiger partial charge is 0.414 e. The van der Waals surface area contributed by atoms with E-state index in [1.807, 2.05) is 0 Å². The van der Waals surface area contributed by atoms with Crippen molar-refractivity contribution in [2.24, 2.45) is 5.92 Å². The quantitative estimate of drug-likeness (QED) is 0.716. The van der Waals surface area contributed by atoms with Gasteiger partial charge >= 0.3 is 6.18 Å². The normalized spacial score (nSPS) is 21.0. The number of aliphatic hydroxyl groups excluding tert-OH is 1. The summed E-state index contributed by atoms with van der Waals surface area (Å²) < 4.78 is 67.4. The predicted octanol–water partition coefficient (Wildman–Crippen LogP) is 4.14. The Labute approximate surface area is 169 Å². The van der Waals surface area contributed by atoms with E-state index in [4.69, 9.17) is 9.84 Å². The number of nitrogens with zero attached hydrogens (tertiary/aromatic N) is 1. The SMILES string of the molecule is CC1CC(C(=O)Nc2ccc(CO)nc2)OC1C(F)(F)F.Cc1cccc(F)c1F. The van der Waals surface area contributed by atoms with Gasteiger partial charge < -0.3 is 15.2 Å². The van der Waals surface area contributed by atoms with Crippen LogP contribution in [0.5, 0.6) is 0 Å². The first-order valence-corrected chi connectivity index (χ1v) is 9.02. The first kappa shape index (κ1) is 23.7. The number of nitrogens with one attached hydrogen (secondary N) is 1. The van der Waals surface area contributed by atoms with Crippen LogP contribution in [-0.4, -0.2) is 34.4 Å². The number of hydrogen-bond acceptors (Lipinski definition) is 4. The molecule has 3 unspecified atom stereocenters. The van der Waals surface area contributed by atoms with E-state index in [2.05, 4.69) is 10.3 Å². The summed E-state index contributed by atoms with van der Waals surface area (Å²) in [6.07, 6.45) is -6.19. The summed E-state index contributed by atoms with van der Waals surface area (Å²) in [6, 6.07) is 7.12. The third-order valence-electron chi connectivity index (χ3n) is 4.43. The highest BCUT2D eigenvalue weighted by Gasteiger charge is 2.51. The van der Waals surface area contributed by atoms with Crippen molar-refractivity contribution in [3.63, 3.8) is 0 Å². The van der Waals surface area contributed by atoms with Crippen LogP contribution < -0.4 is 5.32 Å². The lowest BCUT2D eigenvalue weighted by Gasteiger charge is -2.18. The Kier molecular flexibility index (Phi) is 7.85. The molecule has 164 valence electrons. The van der Waals surface area contributed by atoms with Gasteiger partial charge in [0.25, 0.3) is 5.91 Å². The standard InChI is InChI=1S/C13H15F3N2O3.C7H6F2/c1-7-4-10(21-11(7)13(14,15)16)12(20)18-8-2-3-9(6-19)17-5-8;1-5-3-2-4-6(8)7(5)9/h2-3,5,7,10-11,19H,4,6H2,1H3,(H,18,20);2-4H,1H3. The monoisotopic (exact) mass is 432 g/mol. The molecule has 5 nitrogen and oxygen atoms in total. The minimum absolute atomic E-state index is 0.0121. The molecule has 3 atom stereocenters. The average molecular weight is 432 g/mol. The number of ether oxygens (including phenoxy) is 1. The van der Waals surface area contributed by atoms with Gasteiger partial charge in [0.2, 0.25) is 0 Å². The van der Waals surface area contributed by atoms with Crippen LogP contribution in [0.2, 0.25) is 0 Å². The summed E-state index contributed by atoms with van der Waals surface area (Å²) in [7, 11) is 0. The van der Waals surface area contributed by atoms with Gasteiger partial charge in [-0.2, -0.15) is 13.2 Å². The number of aliphatic hydroxyl groups is 1. The van der Waals surface area contributed by atoms with Crippen LogP contribution in [0.15, 0.2) is 36.5 Å². The minimum Gasteiger partial charge on any atom is -0.390 e. The molecule has 2 N–H and O–H groups in total. The van der Waals surface area contributed by atoms with Crippen molar-refractivity contribution in [1.82, 2.24) is 4.98 Å². The van der Waals surface area contributed by atoms with Gasteiger partial charge in [-0.3, -0.25) is 9.78 Å². The smallest absolute Gasteiger partial charge is 0.390 e. The van der Waals surface area contributed by atoms with Gasteiger partial charge in [0, 0.05) is 0 Å². The molecule has 1 amide bonds. The number of benzene rings is 1. The molecule has 10 heteroatoms. The topological polar surface area (TPSA) is 71.5 Å². The summed E-state index contributed by atoms with van der Waals surface area (Å²) >= 11 is 0. The zero-order chi connectivity index (χ0) is 22.5. The molecule has 2 heterocycles. The van der Waals surface area contributed by atoms with Gasteiger partial charge in [0.15, 0.2) is 17.7 Å². The van der Waals surface area contributed by atoms with Crippen molar-refractivity contribution in [2.75, 3.05) is 5.32 Å². The second kappa shape index (κ2) is 9.94. The van der Waals surface area contributed by atoms with E-state index in [1.165, 1.54) is 44.3 Å². The molecule has 1 aliphatic heterocycles. The Balaban J connectivity index is 0.000000297. The van der Waals surface area contributed by atoms with Crippen LogP contribution >= 0.6 is 0 Å². The molecule has 1 fully saturated rings. The first-order valence-electron chi connectivity index (χ1n) is 9.02. The van der Waals surface area contributed by atoms with E-state index in [1.54, 1.807) is 0 Å². The van der Waals surface area contributed by atoms with Crippen LogP contribution in [0, 0.1) is 24.5 Å². The van der Waals surface area contributed by atoms with E-state index in [9.17, 15) is 26.7 Å². The molecule has 30 heavy (non-hydrogen) atoms. The van der Waals surface area contributed by atoms with Crippen LogP contribution in [-0.2, 0) is 16.1 Å². The molecule has 0 radical (unpaired) electrons. The molecule has 0 saturated carbocycles. The maximum atomic E-state index is 12.7. The van der Waals surface area contributed by atoms with Gasteiger partial charge in [-0.15, -0.1) is 0 Å². The van der Waals surface area contributed by atoms with Crippen molar-refractivity contribution in [2.45, 2.75) is 45.3 Å². The second-order valence-corrected chi connectivity index (χ2v) is 6.86. The number of halogens is 5. The number of alkyl halides is 3. The fraction of sp³-hybridized carbons (Fsp3) is 0.400. The van der Waals surface area contributed by atoms with Gasteiger partial charge in [-0.05, 0) is 43.0 Å². The number of rotatable bonds is 3. The summed E-state index contributed by atoms with van der Waals surface area (Å²) in [5, 5.41) is 11.3. The average Bonchev–Trinajstić information content (AvgIpc) is 3.09. The lowest BCUT2D eigenvalue weighted by atomic mass is 10.0. The molecule has 1 saturated heterocycles. The summed E-state index contributed by atoms with van der Waals surface area (Å²) in [5.74, 6) is -2.93. The molecule has 0 spiro atoms. The molecular weight excluding hydrogens is 411 g/mol. The molecule has 1 aliphatic rings. The third-order valence-corrected chi connectivity index (χ3v) is 4.43. The summed E-state index contributed by atoms with van der Waals surface area (Å²) in [5.41, 5.74) is 1.11. The summed E-state index contributed by atoms with van der Waals surface area (Å²) in [4.78, 5) is 15.8. The van der Waals surface area contributed by atoms with E-state index in [-0.39, 0.29) is 13.0 Å². The fourth-order valence-electron chi connectivity index (χ4n) is 2.82. The second-order valence-electron chi connectivity index (χ2n) is 6.86. The number of carbonyl (C=O) groups excluding carboxylic acids is 1. The van der Waals surface area contributed by atoms with E-state index < -0.39 is 41.8 Å². The zero-order valence-electron chi connectivity index (χ0n) is 16.2. The number of amides is 1. The number of carbonyl (C=O) groups is 1. The van der Waals surface area contributed by atoms with E-state index >= 15 is 0 Å². The van der Waals surface area contributed by atoms with Crippen LogP contribution in [0.25, 0.3) is 0 Å². The minimum atomic E-state index is -4.47. The molecule has 0 aliphatic carbocycles. The van der Waals surface area contributed by atoms with Crippen LogP contribution in [0.1, 0.15) is 24.6 Å². The van der Waals surface area contributed by atoms with Crippen LogP contribution in [0.3, 0.4) is 0 Å².